The van der Waals surface area contributed by atoms with Gasteiger partial charge >= 0.3 is 0 Å². The zero-order valence-corrected chi connectivity index (χ0v) is 11.2. The summed E-state index contributed by atoms with van der Waals surface area (Å²) in [4.78, 5) is 0. The van der Waals surface area contributed by atoms with Crippen molar-refractivity contribution >= 4 is 0 Å². The summed E-state index contributed by atoms with van der Waals surface area (Å²) in [6, 6.07) is 0.647. The van der Waals surface area contributed by atoms with Gasteiger partial charge in [0.2, 0.25) is 0 Å². The van der Waals surface area contributed by atoms with Crippen LogP contribution in [-0.2, 0) is 4.74 Å². The lowest BCUT2D eigenvalue weighted by atomic mass is 9.70. The third-order valence-corrected chi connectivity index (χ3v) is 5.43. The van der Waals surface area contributed by atoms with Gasteiger partial charge in [0.05, 0.1) is 12.2 Å². The second kappa shape index (κ2) is 4.89. The van der Waals surface area contributed by atoms with Crippen molar-refractivity contribution in [3.63, 3.8) is 0 Å². The number of morpholine rings is 1. The van der Waals surface area contributed by atoms with Gasteiger partial charge < -0.3 is 10.1 Å². The highest BCUT2D eigenvalue weighted by Gasteiger charge is 2.44. The summed E-state index contributed by atoms with van der Waals surface area (Å²) in [7, 11) is 0. The number of nitrogens with one attached hydrogen (secondary N) is 1. The molecule has 0 aromatic heterocycles. The molecule has 2 saturated carbocycles. The lowest BCUT2D eigenvalue weighted by Crippen LogP contribution is -2.60. The normalized spacial score (nSPS) is 43.6. The Hall–Kier alpha value is -0.0800. The summed E-state index contributed by atoms with van der Waals surface area (Å²) in [5, 5.41) is 3.77. The summed E-state index contributed by atoms with van der Waals surface area (Å²) >= 11 is 0. The van der Waals surface area contributed by atoms with Crippen LogP contribution in [0.1, 0.15) is 58.3 Å². The molecule has 0 aromatic rings. The molecule has 3 fully saturated rings. The largest absolute Gasteiger partial charge is 0.372 e. The zero-order chi connectivity index (χ0) is 11.7. The maximum Gasteiger partial charge on any atom is 0.0835 e. The summed E-state index contributed by atoms with van der Waals surface area (Å²) in [5.74, 6) is 1.90. The minimum atomic E-state index is 0.209. The molecule has 3 aliphatic rings. The minimum Gasteiger partial charge on any atom is -0.372 e. The van der Waals surface area contributed by atoms with Crippen molar-refractivity contribution in [2.45, 2.75) is 69.9 Å². The standard InChI is InChI=1S/C15H27NO/c1-12-5-7-15(8-6-12)14(16-9-10-17-15)11-13-3-2-4-13/h12-14,16H,2-11H2,1H3. The third-order valence-electron chi connectivity index (χ3n) is 5.43. The van der Waals surface area contributed by atoms with Crippen LogP contribution >= 0.6 is 0 Å². The number of ether oxygens (including phenoxy) is 1. The molecule has 0 bridgehead atoms. The monoisotopic (exact) mass is 237 g/mol. The van der Waals surface area contributed by atoms with E-state index in [0.29, 0.717) is 6.04 Å². The molecule has 1 N–H and O–H groups in total. The summed E-state index contributed by atoms with van der Waals surface area (Å²) in [6.07, 6.45) is 11.1. The second-order valence-electron chi connectivity index (χ2n) is 6.64. The summed E-state index contributed by atoms with van der Waals surface area (Å²) < 4.78 is 6.27. The van der Waals surface area contributed by atoms with Gasteiger partial charge in [-0.1, -0.05) is 26.2 Å². The first kappa shape index (κ1) is 12.0. The van der Waals surface area contributed by atoms with Crippen LogP contribution in [0.15, 0.2) is 0 Å². The highest BCUT2D eigenvalue weighted by atomic mass is 16.5. The Morgan fingerprint density at radius 1 is 1.18 bits per heavy atom. The van der Waals surface area contributed by atoms with Gasteiger partial charge in [0.15, 0.2) is 0 Å². The van der Waals surface area contributed by atoms with Crippen LogP contribution in [0.3, 0.4) is 0 Å². The van der Waals surface area contributed by atoms with Gasteiger partial charge in [-0.15, -0.1) is 0 Å². The Bertz CT molecular complexity index is 254. The molecule has 0 amide bonds. The molecule has 98 valence electrons. The maximum atomic E-state index is 6.27. The van der Waals surface area contributed by atoms with E-state index in [-0.39, 0.29) is 5.60 Å². The first-order valence-electron chi connectivity index (χ1n) is 7.66. The lowest BCUT2D eigenvalue weighted by molar-refractivity contribution is -0.128. The van der Waals surface area contributed by atoms with Crippen molar-refractivity contribution in [3.8, 4) is 0 Å². The van der Waals surface area contributed by atoms with E-state index in [0.717, 1.165) is 25.0 Å². The molecule has 1 heterocycles. The fourth-order valence-electron chi connectivity index (χ4n) is 3.88. The molecule has 1 spiro atoms. The highest BCUT2D eigenvalue weighted by molar-refractivity contribution is 5.00. The van der Waals surface area contributed by atoms with Gasteiger partial charge in [0, 0.05) is 12.6 Å². The maximum absolute atomic E-state index is 6.27. The fraction of sp³-hybridized carbons (Fsp3) is 1.00. The second-order valence-corrected chi connectivity index (χ2v) is 6.64. The Kier molecular flexibility index (Phi) is 3.45. The van der Waals surface area contributed by atoms with Crippen molar-refractivity contribution in [1.29, 1.82) is 0 Å². The van der Waals surface area contributed by atoms with E-state index in [1.165, 1.54) is 51.4 Å². The smallest absolute Gasteiger partial charge is 0.0835 e. The van der Waals surface area contributed by atoms with Gasteiger partial charge in [-0.25, -0.2) is 0 Å². The number of hydrogen-bond donors (Lipinski definition) is 1. The SMILES string of the molecule is CC1CCC2(CC1)OCCNC2CC1CCC1. The van der Waals surface area contributed by atoms with Gasteiger partial charge in [0.1, 0.15) is 0 Å². The Labute approximate surface area is 105 Å². The van der Waals surface area contributed by atoms with Crippen molar-refractivity contribution < 1.29 is 4.74 Å². The van der Waals surface area contributed by atoms with E-state index in [2.05, 4.69) is 12.2 Å². The van der Waals surface area contributed by atoms with Crippen LogP contribution in [0.25, 0.3) is 0 Å². The summed E-state index contributed by atoms with van der Waals surface area (Å²) in [6.45, 7) is 4.38. The molecule has 3 rings (SSSR count). The Morgan fingerprint density at radius 2 is 1.94 bits per heavy atom. The van der Waals surface area contributed by atoms with Gasteiger partial charge in [-0.3, -0.25) is 0 Å². The van der Waals surface area contributed by atoms with Crippen molar-refractivity contribution in [2.75, 3.05) is 13.2 Å². The molecule has 1 saturated heterocycles. The molecular weight excluding hydrogens is 210 g/mol. The minimum absolute atomic E-state index is 0.209. The molecule has 1 aliphatic heterocycles. The molecule has 2 heteroatoms. The fourth-order valence-corrected chi connectivity index (χ4v) is 3.88. The van der Waals surface area contributed by atoms with Crippen LogP contribution in [0.4, 0.5) is 0 Å². The molecule has 2 nitrogen and oxygen atoms in total. The lowest BCUT2D eigenvalue weighted by Gasteiger charge is -2.49. The molecule has 1 unspecified atom stereocenters. The average molecular weight is 237 g/mol. The zero-order valence-electron chi connectivity index (χ0n) is 11.2. The van der Waals surface area contributed by atoms with Crippen LogP contribution in [0.2, 0.25) is 0 Å². The van der Waals surface area contributed by atoms with Crippen LogP contribution in [0, 0.1) is 11.8 Å². The average Bonchev–Trinajstić information content (AvgIpc) is 2.30. The van der Waals surface area contributed by atoms with Gasteiger partial charge in [-0.05, 0) is 43.9 Å². The van der Waals surface area contributed by atoms with Crippen LogP contribution in [0.5, 0.6) is 0 Å². The van der Waals surface area contributed by atoms with Crippen LogP contribution < -0.4 is 5.32 Å². The van der Waals surface area contributed by atoms with Gasteiger partial charge in [0.25, 0.3) is 0 Å². The molecule has 0 aromatic carbocycles. The molecule has 0 radical (unpaired) electrons. The Balaban J connectivity index is 1.65. The summed E-state index contributed by atoms with van der Waals surface area (Å²) in [5.41, 5.74) is 0.209. The number of hydrogen-bond acceptors (Lipinski definition) is 2. The molecular formula is C15H27NO. The predicted molar refractivity (Wildman–Crippen MR) is 70.1 cm³/mol. The quantitative estimate of drug-likeness (QED) is 0.797. The van der Waals surface area contributed by atoms with E-state index in [1.54, 1.807) is 0 Å². The van der Waals surface area contributed by atoms with Crippen LogP contribution in [-0.4, -0.2) is 24.8 Å². The van der Waals surface area contributed by atoms with E-state index < -0.39 is 0 Å². The molecule has 2 aliphatic carbocycles. The predicted octanol–water partition coefficient (Wildman–Crippen LogP) is 3.11. The van der Waals surface area contributed by atoms with Crippen molar-refractivity contribution in [3.05, 3.63) is 0 Å². The molecule has 1 atom stereocenters. The van der Waals surface area contributed by atoms with E-state index >= 15 is 0 Å². The first-order chi connectivity index (χ1) is 8.28. The van der Waals surface area contributed by atoms with E-state index in [1.807, 2.05) is 0 Å². The van der Waals surface area contributed by atoms with Crippen molar-refractivity contribution in [1.82, 2.24) is 5.32 Å². The highest BCUT2D eigenvalue weighted by Crippen LogP contribution is 2.42. The van der Waals surface area contributed by atoms with E-state index in [4.69, 9.17) is 4.74 Å². The van der Waals surface area contributed by atoms with E-state index in [9.17, 15) is 0 Å². The Morgan fingerprint density at radius 3 is 2.59 bits per heavy atom. The number of rotatable bonds is 2. The molecule has 17 heavy (non-hydrogen) atoms. The van der Waals surface area contributed by atoms with Crippen molar-refractivity contribution in [2.24, 2.45) is 11.8 Å². The first-order valence-corrected chi connectivity index (χ1v) is 7.66. The van der Waals surface area contributed by atoms with Gasteiger partial charge in [-0.2, -0.15) is 0 Å². The topological polar surface area (TPSA) is 21.3 Å². The third kappa shape index (κ3) is 2.39.